The number of carbonyl (C=O) groups is 2. The first kappa shape index (κ1) is 26.4. The lowest BCUT2D eigenvalue weighted by Gasteiger charge is -2.15. The molecule has 2 aromatic rings. The van der Waals surface area contributed by atoms with E-state index < -0.39 is 0 Å². The Morgan fingerprint density at radius 3 is 2.06 bits per heavy atom. The molecule has 0 heterocycles. The molecule has 0 bridgehead atoms. The van der Waals surface area contributed by atoms with Gasteiger partial charge in [-0.25, -0.2) is 4.99 Å². The van der Waals surface area contributed by atoms with Crippen molar-refractivity contribution in [1.29, 1.82) is 0 Å². The van der Waals surface area contributed by atoms with Crippen molar-refractivity contribution in [3.8, 4) is 0 Å². The molecule has 0 unspecified atom stereocenters. The highest BCUT2D eigenvalue weighted by atomic mass is 127. The molecule has 2 rings (SSSR count). The van der Waals surface area contributed by atoms with Gasteiger partial charge in [-0.2, -0.15) is 0 Å². The summed E-state index contributed by atoms with van der Waals surface area (Å²) in [5.74, 6) is 0.519. The number of amides is 2. The number of benzene rings is 2. The van der Waals surface area contributed by atoms with Crippen LogP contribution < -0.4 is 10.6 Å². The lowest BCUT2D eigenvalue weighted by Crippen LogP contribution is -2.43. The van der Waals surface area contributed by atoms with Gasteiger partial charge in [0.05, 0.1) is 13.1 Å². The molecule has 0 aliphatic carbocycles. The highest BCUT2D eigenvalue weighted by molar-refractivity contribution is 14.0. The fourth-order valence-corrected chi connectivity index (χ4v) is 2.64. The minimum absolute atomic E-state index is 0. The smallest absolute Gasteiger partial charge is 0.253 e. The highest BCUT2D eigenvalue weighted by Gasteiger charge is 2.08. The summed E-state index contributed by atoms with van der Waals surface area (Å²) in [4.78, 5) is 31.6. The Balaban J connectivity index is 0.00000480. The van der Waals surface area contributed by atoms with Crippen molar-refractivity contribution >= 4 is 41.8 Å². The van der Waals surface area contributed by atoms with Gasteiger partial charge >= 0.3 is 0 Å². The van der Waals surface area contributed by atoms with Crippen molar-refractivity contribution < 1.29 is 9.59 Å². The van der Waals surface area contributed by atoms with E-state index >= 15 is 0 Å². The van der Waals surface area contributed by atoms with Crippen molar-refractivity contribution in [2.45, 2.75) is 13.0 Å². The van der Waals surface area contributed by atoms with Gasteiger partial charge in [0.25, 0.3) is 5.91 Å². The molecule has 2 N–H and O–H groups in total. The van der Waals surface area contributed by atoms with Gasteiger partial charge < -0.3 is 20.4 Å². The second-order valence-electron chi connectivity index (χ2n) is 7.37. The first-order chi connectivity index (χ1) is 14.4. The quantitative estimate of drug-likeness (QED) is 0.308. The van der Waals surface area contributed by atoms with E-state index in [4.69, 9.17) is 0 Å². The van der Waals surface area contributed by atoms with Gasteiger partial charge in [0.15, 0.2) is 5.96 Å². The summed E-state index contributed by atoms with van der Waals surface area (Å²) in [5.41, 5.74) is 2.85. The minimum Gasteiger partial charge on any atom is -0.356 e. The maximum atomic E-state index is 12.0. The van der Waals surface area contributed by atoms with E-state index in [1.165, 1.54) is 10.5 Å². The number of rotatable bonds is 8. The van der Waals surface area contributed by atoms with Crippen LogP contribution >= 0.6 is 24.0 Å². The lowest BCUT2D eigenvalue weighted by molar-refractivity contribution is -0.127. The molecule has 0 spiro atoms. The highest BCUT2D eigenvalue weighted by Crippen LogP contribution is 2.07. The second kappa shape index (κ2) is 13.6. The molecule has 31 heavy (non-hydrogen) atoms. The maximum absolute atomic E-state index is 12.0. The summed E-state index contributed by atoms with van der Waals surface area (Å²) < 4.78 is 0. The Labute approximate surface area is 201 Å². The molecular weight excluding hydrogens is 505 g/mol. The molecule has 0 saturated heterocycles. The zero-order chi connectivity index (χ0) is 21.9. The van der Waals surface area contributed by atoms with Gasteiger partial charge in [-0.1, -0.05) is 42.5 Å². The first-order valence-corrected chi connectivity index (χ1v) is 9.93. The predicted octanol–water partition coefficient (Wildman–Crippen LogP) is 2.37. The van der Waals surface area contributed by atoms with Crippen LogP contribution in [0.15, 0.2) is 59.6 Å². The van der Waals surface area contributed by atoms with E-state index in [1.807, 2.05) is 30.3 Å². The number of halogens is 1. The maximum Gasteiger partial charge on any atom is 0.253 e. The van der Waals surface area contributed by atoms with Gasteiger partial charge in [-0.05, 0) is 29.7 Å². The zero-order valence-electron chi connectivity index (χ0n) is 18.6. The van der Waals surface area contributed by atoms with E-state index in [0.717, 1.165) is 12.0 Å². The topological polar surface area (TPSA) is 77.0 Å². The Hall–Kier alpha value is -2.62. The third-order valence-corrected chi connectivity index (χ3v) is 4.48. The Morgan fingerprint density at radius 1 is 0.839 bits per heavy atom. The van der Waals surface area contributed by atoms with E-state index in [0.29, 0.717) is 24.6 Å². The van der Waals surface area contributed by atoms with Crippen LogP contribution in [0.25, 0.3) is 0 Å². The van der Waals surface area contributed by atoms with Crippen LogP contribution in [0.3, 0.4) is 0 Å². The number of hydrogen-bond donors (Lipinski definition) is 2. The zero-order valence-corrected chi connectivity index (χ0v) is 20.9. The molecule has 7 nitrogen and oxygen atoms in total. The molecule has 0 radical (unpaired) electrons. The molecule has 8 heteroatoms. The Morgan fingerprint density at radius 2 is 1.48 bits per heavy atom. The molecule has 2 amide bonds. The van der Waals surface area contributed by atoms with Crippen molar-refractivity contribution in [3.05, 3.63) is 71.3 Å². The third-order valence-electron chi connectivity index (χ3n) is 4.48. The summed E-state index contributed by atoms with van der Waals surface area (Å²) in [6.07, 6.45) is 0.852. The van der Waals surface area contributed by atoms with Crippen LogP contribution in [0.4, 0.5) is 0 Å². The van der Waals surface area contributed by atoms with Crippen LogP contribution in [0.2, 0.25) is 0 Å². The monoisotopic (exact) mass is 537 g/mol. The SMILES string of the molecule is CN(C)C(=O)CNC(=NCc1ccc(C(=O)N(C)C)cc1)NCCc1ccccc1.I. The molecule has 0 aromatic heterocycles. The normalized spacial score (nSPS) is 10.6. The van der Waals surface area contributed by atoms with Crippen LogP contribution in [0, 0.1) is 0 Å². The van der Waals surface area contributed by atoms with E-state index in [1.54, 1.807) is 45.2 Å². The molecule has 2 aromatic carbocycles. The molecule has 0 aliphatic heterocycles. The summed E-state index contributed by atoms with van der Waals surface area (Å²) in [6, 6.07) is 17.6. The van der Waals surface area contributed by atoms with Gasteiger partial charge in [0.1, 0.15) is 0 Å². The summed E-state index contributed by atoms with van der Waals surface area (Å²) in [6.45, 7) is 1.30. The second-order valence-corrected chi connectivity index (χ2v) is 7.37. The first-order valence-electron chi connectivity index (χ1n) is 9.93. The van der Waals surface area contributed by atoms with Crippen LogP contribution in [-0.2, 0) is 17.8 Å². The van der Waals surface area contributed by atoms with Gasteiger partial charge in [0.2, 0.25) is 5.91 Å². The average Bonchev–Trinajstić information content (AvgIpc) is 2.75. The van der Waals surface area contributed by atoms with Crippen molar-refractivity contribution in [3.63, 3.8) is 0 Å². The number of likely N-dealkylation sites (N-methyl/N-ethyl adjacent to an activating group) is 1. The van der Waals surface area contributed by atoms with Crippen molar-refractivity contribution in [2.24, 2.45) is 4.99 Å². The van der Waals surface area contributed by atoms with Gasteiger partial charge in [-0.3, -0.25) is 9.59 Å². The van der Waals surface area contributed by atoms with Gasteiger partial charge in [0, 0.05) is 40.3 Å². The minimum atomic E-state index is -0.0304. The number of nitrogens with one attached hydrogen (secondary N) is 2. The molecule has 0 aliphatic rings. The number of nitrogens with zero attached hydrogens (tertiary/aromatic N) is 3. The van der Waals surface area contributed by atoms with E-state index in [2.05, 4.69) is 27.8 Å². The Kier molecular flexibility index (Phi) is 11.6. The summed E-state index contributed by atoms with van der Waals surface area (Å²) in [5, 5.41) is 6.37. The summed E-state index contributed by atoms with van der Waals surface area (Å²) >= 11 is 0. The van der Waals surface area contributed by atoms with Gasteiger partial charge in [-0.15, -0.1) is 24.0 Å². The van der Waals surface area contributed by atoms with Crippen molar-refractivity contribution in [2.75, 3.05) is 41.3 Å². The largest absolute Gasteiger partial charge is 0.356 e. The number of aliphatic imine (C=N–C) groups is 1. The molecule has 0 saturated carbocycles. The predicted molar refractivity (Wildman–Crippen MR) is 136 cm³/mol. The number of carbonyl (C=O) groups excluding carboxylic acids is 2. The fourth-order valence-electron chi connectivity index (χ4n) is 2.64. The Bertz CT molecular complexity index is 852. The molecule has 0 fully saturated rings. The molecular formula is C23H32IN5O2. The average molecular weight is 537 g/mol. The number of hydrogen-bond acceptors (Lipinski definition) is 3. The van der Waals surface area contributed by atoms with Crippen LogP contribution in [0.1, 0.15) is 21.5 Å². The lowest BCUT2D eigenvalue weighted by atomic mass is 10.1. The molecule has 0 atom stereocenters. The van der Waals surface area contributed by atoms with E-state index in [-0.39, 0.29) is 42.3 Å². The van der Waals surface area contributed by atoms with Crippen LogP contribution in [0.5, 0.6) is 0 Å². The van der Waals surface area contributed by atoms with Crippen molar-refractivity contribution in [1.82, 2.24) is 20.4 Å². The number of guanidine groups is 1. The van der Waals surface area contributed by atoms with E-state index in [9.17, 15) is 9.59 Å². The summed E-state index contributed by atoms with van der Waals surface area (Å²) in [7, 11) is 6.91. The fraction of sp³-hybridized carbons (Fsp3) is 0.348. The third kappa shape index (κ3) is 9.37. The standard InChI is InChI=1S/C23H31N5O2.HI/c1-27(2)21(29)17-26-23(24-15-14-18-8-6-5-7-9-18)25-16-19-10-12-20(13-11-19)22(30)28(3)4;/h5-13H,14-17H2,1-4H3,(H2,24,25,26);1H. The molecule has 168 valence electrons. The van der Waals surface area contributed by atoms with Crippen LogP contribution in [-0.4, -0.2) is 68.9 Å².